The van der Waals surface area contributed by atoms with E-state index in [0.717, 1.165) is 10.3 Å². The van der Waals surface area contributed by atoms with E-state index in [2.05, 4.69) is 30.8 Å². The van der Waals surface area contributed by atoms with Crippen molar-refractivity contribution in [1.82, 2.24) is 14.9 Å². The molecule has 0 radical (unpaired) electrons. The van der Waals surface area contributed by atoms with Gasteiger partial charge in [0.05, 0.1) is 4.47 Å². The zero-order valence-electron chi connectivity index (χ0n) is 12.5. The largest absolute Gasteiger partial charge is 0.444 e. The molecule has 1 aromatic heterocycles. The smallest absolute Gasteiger partial charge is 0.410 e. The molecule has 0 saturated carbocycles. The first-order valence-electron chi connectivity index (χ1n) is 6.77. The van der Waals surface area contributed by atoms with E-state index in [9.17, 15) is 4.79 Å². The first-order chi connectivity index (χ1) is 9.76. The van der Waals surface area contributed by atoms with Crippen LogP contribution in [0.5, 0.6) is 0 Å². The summed E-state index contributed by atoms with van der Waals surface area (Å²) in [6.45, 7) is 8.12. The number of rotatable bonds is 1. The number of hydrogen-bond donors (Lipinski definition) is 1. The van der Waals surface area contributed by atoms with Crippen LogP contribution >= 0.6 is 15.9 Å². The Hall–Kier alpha value is -1.57. The fraction of sp³-hybridized carbons (Fsp3) is 0.615. The van der Waals surface area contributed by atoms with Crippen LogP contribution in [0.3, 0.4) is 0 Å². The zero-order valence-corrected chi connectivity index (χ0v) is 14.1. The topological polar surface area (TPSA) is 84.6 Å². The van der Waals surface area contributed by atoms with Crippen LogP contribution in [0.4, 0.5) is 16.6 Å². The quantitative estimate of drug-likeness (QED) is 0.825. The summed E-state index contributed by atoms with van der Waals surface area (Å²) in [5, 5.41) is 0. The van der Waals surface area contributed by atoms with E-state index in [4.69, 9.17) is 10.5 Å². The van der Waals surface area contributed by atoms with E-state index in [0.29, 0.717) is 26.2 Å². The Morgan fingerprint density at radius 3 is 2.52 bits per heavy atom. The molecule has 0 unspecified atom stereocenters. The third-order valence-corrected chi connectivity index (χ3v) is 3.53. The minimum atomic E-state index is -0.474. The summed E-state index contributed by atoms with van der Waals surface area (Å²) in [6.07, 6.45) is 1.36. The Morgan fingerprint density at radius 2 is 1.95 bits per heavy atom. The number of nitrogen functional groups attached to an aromatic ring is 1. The van der Waals surface area contributed by atoms with Gasteiger partial charge in [-0.1, -0.05) is 0 Å². The molecule has 1 aliphatic rings. The molecule has 1 fully saturated rings. The van der Waals surface area contributed by atoms with Crippen LogP contribution < -0.4 is 10.6 Å². The molecule has 8 heteroatoms. The summed E-state index contributed by atoms with van der Waals surface area (Å²) in [4.78, 5) is 24.0. The van der Waals surface area contributed by atoms with E-state index < -0.39 is 5.60 Å². The van der Waals surface area contributed by atoms with E-state index in [1.807, 2.05) is 20.8 Å². The van der Waals surface area contributed by atoms with Crippen molar-refractivity contribution in [2.24, 2.45) is 0 Å². The molecule has 116 valence electrons. The number of anilines is 2. The predicted molar refractivity (Wildman–Crippen MR) is 84.2 cm³/mol. The molecular formula is C13H20BrN5O2. The minimum Gasteiger partial charge on any atom is -0.444 e. The lowest BCUT2D eigenvalue weighted by Gasteiger charge is -2.36. The fourth-order valence-corrected chi connectivity index (χ4v) is 2.46. The van der Waals surface area contributed by atoms with Crippen molar-refractivity contribution in [2.75, 3.05) is 36.8 Å². The highest BCUT2D eigenvalue weighted by Crippen LogP contribution is 2.25. The van der Waals surface area contributed by atoms with Crippen LogP contribution in [0.2, 0.25) is 0 Å². The number of aromatic nitrogens is 2. The van der Waals surface area contributed by atoms with Gasteiger partial charge in [0.1, 0.15) is 11.4 Å². The summed E-state index contributed by atoms with van der Waals surface area (Å²) in [5.74, 6) is 0.995. The molecule has 1 saturated heterocycles. The molecule has 2 heterocycles. The van der Waals surface area contributed by atoms with Crippen molar-refractivity contribution >= 4 is 33.8 Å². The highest BCUT2D eigenvalue weighted by atomic mass is 79.9. The Bertz CT molecular complexity index is 524. The molecule has 0 spiro atoms. The SMILES string of the molecule is CC(C)(C)OC(=O)N1CCN(c2nc(N)ncc2Br)CC1. The van der Waals surface area contributed by atoms with E-state index in [-0.39, 0.29) is 12.0 Å². The Kier molecular flexibility index (Phi) is 4.55. The molecule has 0 bridgehead atoms. The lowest BCUT2D eigenvalue weighted by atomic mass is 10.2. The number of nitrogens with zero attached hydrogens (tertiary/aromatic N) is 4. The first-order valence-corrected chi connectivity index (χ1v) is 7.56. The lowest BCUT2D eigenvalue weighted by Crippen LogP contribution is -2.50. The maximum Gasteiger partial charge on any atom is 0.410 e. The number of ether oxygens (including phenoxy) is 1. The van der Waals surface area contributed by atoms with E-state index in [1.54, 1.807) is 11.1 Å². The standard InChI is InChI=1S/C13H20BrN5O2/c1-13(2,3)21-12(20)19-6-4-18(5-7-19)10-9(14)8-16-11(15)17-10/h8H,4-7H2,1-3H3,(H2,15,16,17). The van der Waals surface area contributed by atoms with Crippen LogP contribution in [-0.2, 0) is 4.74 Å². The van der Waals surface area contributed by atoms with Gasteiger partial charge in [-0.15, -0.1) is 0 Å². The van der Waals surface area contributed by atoms with Crippen molar-refractivity contribution in [3.8, 4) is 0 Å². The summed E-state index contributed by atoms with van der Waals surface area (Å²) in [6, 6.07) is 0. The Balaban J connectivity index is 1.97. The molecule has 0 aromatic carbocycles. The van der Waals surface area contributed by atoms with Crippen LogP contribution in [0.25, 0.3) is 0 Å². The van der Waals surface area contributed by atoms with Gasteiger partial charge in [-0.2, -0.15) is 4.98 Å². The highest BCUT2D eigenvalue weighted by Gasteiger charge is 2.27. The van der Waals surface area contributed by atoms with Crippen molar-refractivity contribution in [3.63, 3.8) is 0 Å². The van der Waals surface area contributed by atoms with Crippen molar-refractivity contribution in [2.45, 2.75) is 26.4 Å². The van der Waals surface area contributed by atoms with Crippen LogP contribution in [-0.4, -0.2) is 52.7 Å². The minimum absolute atomic E-state index is 0.239. The number of nitrogens with two attached hydrogens (primary N) is 1. The molecule has 0 atom stereocenters. The van der Waals surface area contributed by atoms with Crippen LogP contribution in [0.1, 0.15) is 20.8 Å². The van der Waals surface area contributed by atoms with Gasteiger partial charge in [0, 0.05) is 32.4 Å². The summed E-state index contributed by atoms with van der Waals surface area (Å²) < 4.78 is 6.17. The molecule has 1 aliphatic heterocycles. The summed E-state index contributed by atoms with van der Waals surface area (Å²) in [7, 11) is 0. The number of amides is 1. The van der Waals surface area contributed by atoms with Gasteiger partial charge >= 0.3 is 6.09 Å². The molecular weight excluding hydrogens is 338 g/mol. The van der Waals surface area contributed by atoms with Gasteiger partial charge in [0.15, 0.2) is 0 Å². The lowest BCUT2D eigenvalue weighted by molar-refractivity contribution is 0.0240. The van der Waals surface area contributed by atoms with Crippen LogP contribution in [0.15, 0.2) is 10.7 Å². The summed E-state index contributed by atoms with van der Waals surface area (Å²) >= 11 is 3.42. The number of piperazine rings is 1. The van der Waals surface area contributed by atoms with Crippen molar-refractivity contribution < 1.29 is 9.53 Å². The molecule has 7 nitrogen and oxygen atoms in total. The zero-order chi connectivity index (χ0) is 15.6. The number of carbonyl (C=O) groups is 1. The third-order valence-electron chi connectivity index (χ3n) is 2.98. The van der Waals surface area contributed by atoms with Crippen molar-refractivity contribution in [3.05, 3.63) is 10.7 Å². The maximum atomic E-state index is 12.0. The normalized spacial score (nSPS) is 16.0. The second kappa shape index (κ2) is 6.05. The predicted octanol–water partition coefficient (Wildman–Crippen LogP) is 1.88. The molecule has 0 aliphatic carbocycles. The van der Waals surface area contributed by atoms with Gasteiger partial charge in [-0.3, -0.25) is 0 Å². The van der Waals surface area contributed by atoms with Gasteiger partial charge in [-0.05, 0) is 36.7 Å². The summed E-state index contributed by atoms with van der Waals surface area (Å²) in [5.41, 5.74) is 5.15. The van der Waals surface area contributed by atoms with Crippen molar-refractivity contribution in [1.29, 1.82) is 0 Å². The number of hydrogen-bond acceptors (Lipinski definition) is 6. The van der Waals surface area contributed by atoms with Gasteiger partial charge in [0.25, 0.3) is 0 Å². The molecule has 1 aromatic rings. The number of carbonyl (C=O) groups excluding carboxylic acids is 1. The second-order valence-electron chi connectivity index (χ2n) is 5.85. The third kappa shape index (κ3) is 4.20. The Morgan fingerprint density at radius 1 is 1.33 bits per heavy atom. The molecule has 1 amide bonds. The average Bonchev–Trinajstić information content (AvgIpc) is 2.40. The average molecular weight is 358 g/mol. The molecule has 2 N–H and O–H groups in total. The molecule has 21 heavy (non-hydrogen) atoms. The maximum absolute atomic E-state index is 12.0. The van der Waals surface area contributed by atoms with Gasteiger partial charge < -0.3 is 20.3 Å². The first kappa shape index (κ1) is 15.8. The van der Waals surface area contributed by atoms with Crippen LogP contribution in [0, 0.1) is 0 Å². The van der Waals surface area contributed by atoms with Gasteiger partial charge in [0.2, 0.25) is 5.95 Å². The monoisotopic (exact) mass is 357 g/mol. The number of halogens is 1. The second-order valence-corrected chi connectivity index (χ2v) is 6.71. The van der Waals surface area contributed by atoms with E-state index in [1.165, 1.54) is 0 Å². The fourth-order valence-electron chi connectivity index (χ4n) is 2.02. The molecule has 2 rings (SSSR count). The van der Waals surface area contributed by atoms with Gasteiger partial charge in [-0.25, -0.2) is 9.78 Å². The van der Waals surface area contributed by atoms with E-state index >= 15 is 0 Å². The highest BCUT2D eigenvalue weighted by molar-refractivity contribution is 9.10. The Labute approximate surface area is 132 Å².